The highest BCUT2D eigenvalue weighted by Crippen LogP contribution is 2.65. The van der Waals surface area contributed by atoms with E-state index in [1.807, 2.05) is 18.1 Å². The third-order valence-electron chi connectivity index (χ3n) is 8.30. The van der Waals surface area contributed by atoms with E-state index in [1.54, 1.807) is 6.39 Å². The molecular weight excluding hydrogens is 324 g/mol. The maximum atomic E-state index is 12.2. The van der Waals surface area contributed by atoms with E-state index < -0.39 is 0 Å². The van der Waals surface area contributed by atoms with Gasteiger partial charge >= 0.3 is 0 Å². The Balaban J connectivity index is 1.50. The summed E-state index contributed by atoms with van der Waals surface area (Å²) >= 11 is 0. The molecule has 1 aliphatic heterocycles. The van der Waals surface area contributed by atoms with Gasteiger partial charge < -0.3 is 9.32 Å². The van der Waals surface area contributed by atoms with Crippen molar-refractivity contribution in [3.05, 3.63) is 36.2 Å². The summed E-state index contributed by atoms with van der Waals surface area (Å²) < 4.78 is 5.66. The smallest absolute Gasteiger partial charge is 0.226 e. The van der Waals surface area contributed by atoms with Crippen LogP contribution < -0.4 is 0 Å². The number of fused-ring (bicyclic) bond motifs is 5. The number of hydrogen-bond donors (Lipinski definition) is 0. The number of carbonyl (C=O) groups excluding carboxylic acids is 1. The molecule has 4 nitrogen and oxygen atoms in total. The van der Waals surface area contributed by atoms with Crippen molar-refractivity contribution in [2.75, 3.05) is 7.05 Å². The average molecular weight is 352 g/mol. The summed E-state index contributed by atoms with van der Waals surface area (Å²) in [7, 11) is 1.97. The van der Waals surface area contributed by atoms with Crippen LogP contribution in [0.15, 0.2) is 34.9 Å². The molecule has 1 saturated heterocycles. The first-order valence-corrected chi connectivity index (χ1v) is 10.0. The molecule has 0 unspecified atom stereocenters. The Morgan fingerprint density at radius 1 is 1.15 bits per heavy atom. The number of oxazole rings is 1. The van der Waals surface area contributed by atoms with Gasteiger partial charge in [-0.15, -0.1) is 0 Å². The minimum absolute atomic E-state index is 0.155. The van der Waals surface area contributed by atoms with Gasteiger partial charge in [0.1, 0.15) is 0 Å². The highest BCUT2D eigenvalue weighted by Gasteiger charge is 2.58. The first-order chi connectivity index (χ1) is 12.4. The SMILES string of the molecule is CN1C(=O)CC[C@@]2(C)C1=CC[C@@H]1[C@@H]2CC[C@]2(C)C(c3cnco3)=CC[C@@H]12. The zero-order valence-electron chi connectivity index (χ0n) is 16.0. The zero-order chi connectivity index (χ0) is 18.1. The highest BCUT2D eigenvalue weighted by molar-refractivity contribution is 5.79. The maximum Gasteiger partial charge on any atom is 0.226 e. The molecule has 5 atom stereocenters. The van der Waals surface area contributed by atoms with E-state index in [9.17, 15) is 4.79 Å². The fraction of sp³-hybridized carbons (Fsp3) is 0.636. The Morgan fingerprint density at radius 3 is 2.77 bits per heavy atom. The zero-order valence-corrected chi connectivity index (χ0v) is 16.0. The molecule has 2 heterocycles. The molecule has 4 aliphatic rings. The fourth-order valence-electron chi connectivity index (χ4n) is 6.88. The van der Waals surface area contributed by atoms with Crippen LogP contribution in [0.4, 0.5) is 0 Å². The Bertz CT molecular complexity index is 808. The van der Waals surface area contributed by atoms with Gasteiger partial charge in [-0.05, 0) is 60.8 Å². The minimum atomic E-state index is 0.155. The standard InChI is InChI=1S/C22H28N2O2/c1-21-10-8-16-14(15(21)5-6-17(21)18-12-23-13-26-18)4-7-19-22(16,2)11-9-20(25)24(19)3/h6-7,12-16H,4-5,8-11H2,1-3H3/t14-,15-,16-,21-,22+/m0/s1. The highest BCUT2D eigenvalue weighted by atomic mass is 16.3. The number of carbonyl (C=O) groups is 1. The molecule has 0 bridgehead atoms. The van der Waals surface area contributed by atoms with Gasteiger partial charge in [-0.1, -0.05) is 26.0 Å². The molecule has 1 amide bonds. The first-order valence-electron chi connectivity index (χ1n) is 10.0. The molecule has 0 N–H and O–H groups in total. The molecular formula is C22H28N2O2. The van der Waals surface area contributed by atoms with E-state index in [1.165, 1.54) is 24.1 Å². The normalized spacial score (nSPS) is 41.9. The van der Waals surface area contributed by atoms with Crippen LogP contribution in [-0.4, -0.2) is 22.8 Å². The lowest BCUT2D eigenvalue weighted by molar-refractivity contribution is -0.135. The van der Waals surface area contributed by atoms with Crippen LogP contribution in [-0.2, 0) is 4.79 Å². The maximum absolute atomic E-state index is 12.2. The van der Waals surface area contributed by atoms with E-state index in [-0.39, 0.29) is 16.7 Å². The predicted octanol–water partition coefficient (Wildman–Crippen LogP) is 4.66. The molecule has 138 valence electrons. The summed E-state index contributed by atoms with van der Waals surface area (Å²) in [6.45, 7) is 4.86. The van der Waals surface area contributed by atoms with Crippen molar-refractivity contribution in [2.45, 2.75) is 52.4 Å². The van der Waals surface area contributed by atoms with Crippen LogP contribution in [0.2, 0.25) is 0 Å². The third kappa shape index (κ3) is 1.96. The first kappa shape index (κ1) is 16.3. The lowest BCUT2D eigenvalue weighted by atomic mass is 9.49. The van der Waals surface area contributed by atoms with Gasteiger partial charge in [0, 0.05) is 24.6 Å². The predicted molar refractivity (Wildman–Crippen MR) is 99.7 cm³/mol. The number of amides is 1. The monoisotopic (exact) mass is 352 g/mol. The van der Waals surface area contributed by atoms with Crippen molar-refractivity contribution in [1.82, 2.24) is 9.88 Å². The van der Waals surface area contributed by atoms with Crippen LogP contribution in [0, 0.1) is 28.6 Å². The summed E-state index contributed by atoms with van der Waals surface area (Å²) in [6, 6.07) is 0. The summed E-state index contributed by atoms with van der Waals surface area (Å²) in [6.07, 6.45) is 14.6. The molecule has 0 aromatic carbocycles. The quantitative estimate of drug-likeness (QED) is 0.739. The van der Waals surface area contributed by atoms with Gasteiger partial charge in [0.05, 0.1) is 6.20 Å². The number of piperidine rings is 1. The molecule has 4 heteroatoms. The third-order valence-corrected chi connectivity index (χ3v) is 8.30. The summed E-state index contributed by atoms with van der Waals surface area (Å²) in [5.41, 5.74) is 3.01. The molecule has 1 saturated carbocycles. The van der Waals surface area contributed by atoms with Crippen molar-refractivity contribution < 1.29 is 9.21 Å². The van der Waals surface area contributed by atoms with Crippen molar-refractivity contribution in [3.8, 4) is 0 Å². The largest absolute Gasteiger partial charge is 0.444 e. The van der Waals surface area contributed by atoms with E-state index in [2.05, 4.69) is 31.0 Å². The number of aromatic nitrogens is 1. The number of nitrogens with zero attached hydrogens (tertiary/aromatic N) is 2. The summed E-state index contributed by atoms with van der Waals surface area (Å²) in [5, 5.41) is 0. The van der Waals surface area contributed by atoms with Crippen molar-refractivity contribution in [3.63, 3.8) is 0 Å². The Hall–Kier alpha value is -1.84. The van der Waals surface area contributed by atoms with Crippen LogP contribution >= 0.6 is 0 Å². The van der Waals surface area contributed by atoms with Gasteiger partial charge in [-0.25, -0.2) is 4.98 Å². The molecule has 5 rings (SSSR count). The number of rotatable bonds is 1. The second-order valence-electron chi connectivity index (χ2n) is 9.25. The van der Waals surface area contributed by atoms with Gasteiger partial charge in [0.2, 0.25) is 5.91 Å². The fourth-order valence-corrected chi connectivity index (χ4v) is 6.88. The molecule has 1 aromatic heterocycles. The Morgan fingerprint density at radius 2 is 2.00 bits per heavy atom. The van der Waals surface area contributed by atoms with Crippen LogP contribution in [0.1, 0.15) is 58.1 Å². The average Bonchev–Trinajstić information content (AvgIpc) is 3.25. The van der Waals surface area contributed by atoms with E-state index >= 15 is 0 Å². The van der Waals surface area contributed by atoms with E-state index in [0.29, 0.717) is 24.2 Å². The number of likely N-dealkylation sites (tertiary alicyclic amines) is 1. The van der Waals surface area contributed by atoms with E-state index in [4.69, 9.17) is 4.42 Å². The molecule has 26 heavy (non-hydrogen) atoms. The lowest BCUT2D eigenvalue weighted by Gasteiger charge is -2.58. The van der Waals surface area contributed by atoms with E-state index in [0.717, 1.165) is 25.0 Å². The second kappa shape index (κ2) is 5.34. The number of allylic oxidation sites excluding steroid dienone is 4. The molecule has 2 fully saturated rings. The second-order valence-corrected chi connectivity index (χ2v) is 9.25. The Kier molecular flexibility index (Phi) is 3.35. The van der Waals surface area contributed by atoms with Crippen LogP contribution in [0.25, 0.3) is 5.57 Å². The van der Waals surface area contributed by atoms with Gasteiger partial charge in [0.15, 0.2) is 12.2 Å². The van der Waals surface area contributed by atoms with Crippen molar-refractivity contribution in [1.29, 1.82) is 0 Å². The van der Waals surface area contributed by atoms with Crippen molar-refractivity contribution in [2.24, 2.45) is 28.6 Å². The van der Waals surface area contributed by atoms with Gasteiger partial charge in [-0.3, -0.25) is 4.79 Å². The topological polar surface area (TPSA) is 46.3 Å². The summed E-state index contributed by atoms with van der Waals surface area (Å²) in [4.78, 5) is 18.3. The Labute approximate surface area is 155 Å². The molecule has 3 aliphatic carbocycles. The number of hydrogen-bond acceptors (Lipinski definition) is 3. The van der Waals surface area contributed by atoms with Gasteiger partial charge in [0.25, 0.3) is 0 Å². The van der Waals surface area contributed by atoms with Crippen LogP contribution in [0.5, 0.6) is 0 Å². The van der Waals surface area contributed by atoms with Crippen molar-refractivity contribution >= 4 is 11.5 Å². The molecule has 0 spiro atoms. The summed E-state index contributed by atoms with van der Waals surface area (Å²) in [5.74, 6) is 3.27. The molecule has 1 aromatic rings. The lowest BCUT2D eigenvalue weighted by Crippen LogP contribution is -2.53. The molecule has 0 radical (unpaired) electrons. The van der Waals surface area contributed by atoms with Crippen LogP contribution in [0.3, 0.4) is 0 Å². The minimum Gasteiger partial charge on any atom is -0.444 e. The van der Waals surface area contributed by atoms with Gasteiger partial charge in [-0.2, -0.15) is 0 Å².